The third kappa shape index (κ3) is 5.16. The third-order valence-corrected chi connectivity index (χ3v) is 2.60. The van der Waals surface area contributed by atoms with Gasteiger partial charge < -0.3 is 16.0 Å². The maximum atomic E-state index is 12.0. The van der Waals surface area contributed by atoms with E-state index in [2.05, 4.69) is 16.0 Å². The normalized spacial score (nSPS) is 13.7. The molecule has 2 atom stereocenters. The Bertz CT molecular complexity index is 316. The molecule has 0 spiro atoms. The summed E-state index contributed by atoms with van der Waals surface area (Å²) < 4.78 is 0. The molecule has 18 heavy (non-hydrogen) atoms. The largest absolute Gasteiger partial charge is 0.357 e. The molecule has 0 aliphatic carbocycles. The van der Waals surface area contributed by atoms with Gasteiger partial charge in [0.25, 0.3) is 0 Å². The summed E-state index contributed by atoms with van der Waals surface area (Å²) in [6, 6.07) is -1.20. The van der Waals surface area contributed by atoms with Gasteiger partial charge in [-0.25, -0.2) is 0 Å². The van der Waals surface area contributed by atoms with Crippen LogP contribution in [0.15, 0.2) is 0 Å². The molecule has 0 saturated heterocycles. The van der Waals surface area contributed by atoms with Crippen LogP contribution in [0.1, 0.15) is 34.1 Å². The van der Waals surface area contributed by atoms with Gasteiger partial charge in [-0.3, -0.25) is 14.4 Å². The molecule has 0 aromatic heterocycles. The zero-order valence-corrected chi connectivity index (χ0v) is 11.7. The molecule has 0 aromatic rings. The lowest BCUT2D eigenvalue weighted by molar-refractivity contribution is -0.132. The number of carbonyl (C=O) groups excluding carboxylic acids is 3. The first-order valence-electron chi connectivity index (χ1n) is 6.12. The molecule has 3 amide bonds. The van der Waals surface area contributed by atoms with Crippen molar-refractivity contribution in [2.24, 2.45) is 5.92 Å². The molecule has 6 nitrogen and oxygen atoms in total. The van der Waals surface area contributed by atoms with E-state index < -0.39 is 12.1 Å². The molecular weight excluding hydrogens is 234 g/mol. The van der Waals surface area contributed by atoms with E-state index in [1.807, 2.05) is 20.8 Å². The van der Waals surface area contributed by atoms with Crippen LogP contribution in [0, 0.1) is 5.92 Å². The van der Waals surface area contributed by atoms with E-state index in [0.717, 1.165) is 0 Å². The van der Waals surface area contributed by atoms with Crippen LogP contribution in [-0.2, 0) is 14.4 Å². The van der Waals surface area contributed by atoms with Crippen LogP contribution >= 0.6 is 0 Å². The fourth-order valence-corrected chi connectivity index (χ4v) is 1.54. The smallest absolute Gasteiger partial charge is 0.243 e. The second kappa shape index (κ2) is 7.68. The van der Waals surface area contributed by atoms with E-state index in [1.54, 1.807) is 0 Å². The molecule has 0 aromatic carbocycles. The maximum Gasteiger partial charge on any atom is 0.243 e. The number of likely N-dealkylation sites (N-methyl/N-ethyl adjacent to an activating group) is 1. The first-order chi connectivity index (χ1) is 8.33. The van der Waals surface area contributed by atoms with E-state index in [0.29, 0.717) is 6.42 Å². The fourth-order valence-electron chi connectivity index (χ4n) is 1.54. The number of hydrogen-bond donors (Lipinski definition) is 3. The van der Waals surface area contributed by atoms with E-state index in [4.69, 9.17) is 0 Å². The molecule has 0 rings (SSSR count). The summed E-state index contributed by atoms with van der Waals surface area (Å²) in [4.78, 5) is 34.5. The average Bonchev–Trinajstić information content (AvgIpc) is 2.31. The molecule has 0 aliphatic heterocycles. The highest BCUT2D eigenvalue weighted by Gasteiger charge is 2.26. The van der Waals surface area contributed by atoms with Crippen molar-refractivity contribution in [1.29, 1.82) is 0 Å². The van der Waals surface area contributed by atoms with Gasteiger partial charge in [-0.1, -0.05) is 20.8 Å². The van der Waals surface area contributed by atoms with Crippen LogP contribution < -0.4 is 16.0 Å². The summed E-state index contributed by atoms with van der Waals surface area (Å²) in [5.74, 6) is -0.889. The molecule has 0 bridgehead atoms. The summed E-state index contributed by atoms with van der Waals surface area (Å²) >= 11 is 0. The van der Waals surface area contributed by atoms with Gasteiger partial charge in [0, 0.05) is 14.0 Å². The van der Waals surface area contributed by atoms with E-state index in [-0.39, 0.29) is 23.6 Å². The predicted molar refractivity (Wildman–Crippen MR) is 68.7 cm³/mol. The van der Waals surface area contributed by atoms with E-state index in [9.17, 15) is 14.4 Å². The summed E-state index contributed by atoms with van der Waals surface area (Å²) in [5, 5.41) is 7.71. The Hall–Kier alpha value is -1.59. The standard InChI is InChI=1S/C12H23N3O3/c1-6-9(11(17)13-5)15-12(18)10(7(2)3)14-8(4)16/h7,9-10H,6H2,1-5H3,(H,13,17)(H,14,16)(H,15,18)/t9-,10-/m0/s1. The van der Waals surface area contributed by atoms with E-state index >= 15 is 0 Å². The molecule has 0 aliphatic rings. The first kappa shape index (κ1) is 16.4. The Kier molecular flexibility index (Phi) is 7.00. The van der Waals surface area contributed by atoms with Crippen molar-refractivity contribution in [2.45, 2.75) is 46.2 Å². The second-order valence-corrected chi connectivity index (χ2v) is 4.51. The van der Waals surface area contributed by atoms with Crippen molar-refractivity contribution in [3.8, 4) is 0 Å². The Morgan fingerprint density at radius 1 is 1.06 bits per heavy atom. The van der Waals surface area contributed by atoms with Crippen LogP contribution in [0.25, 0.3) is 0 Å². The number of carbonyl (C=O) groups is 3. The molecule has 0 unspecified atom stereocenters. The van der Waals surface area contributed by atoms with Gasteiger partial charge in [0.15, 0.2) is 0 Å². The number of rotatable bonds is 6. The summed E-state index contributed by atoms with van der Waals surface area (Å²) in [5.41, 5.74) is 0. The average molecular weight is 257 g/mol. The summed E-state index contributed by atoms with van der Waals surface area (Å²) in [6.45, 7) is 6.84. The number of hydrogen-bond acceptors (Lipinski definition) is 3. The zero-order valence-electron chi connectivity index (χ0n) is 11.7. The molecule has 0 heterocycles. The minimum Gasteiger partial charge on any atom is -0.357 e. The van der Waals surface area contributed by atoms with Crippen molar-refractivity contribution >= 4 is 17.7 Å². The zero-order chi connectivity index (χ0) is 14.3. The highest BCUT2D eigenvalue weighted by atomic mass is 16.2. The summed E-state index contributed by atoms with van der Waals surface area (Å²) in [6.07, 6.45) is 0.496. The number of nitrogens with one attached hydrogen (secondary N) is 3. The van der Waals surface area contributed by atoms with Gasteiger partial charge in [-0.2, -0.15) is 0 Å². The second-order valence-electron chi connectivity index (χ2n) is 4.51. The van der Waals surface area contributed by atoms with Crippen LogP contribution in [0.3, 0.4) is 0 Å². The monoisotopic (exact) mass is 257 g/mol. The van der Waals surface area contributed by atoms with Gasteiger partial charge in [-0.05, 0) is 12.3 Å². The quantitative estimate of drug-likeness (QED) is 0.615. The van der Waals surface area contributed by atoms with E-state index in [1.165, 1.54) is 14.0 Å². The molecule has 0 radical (unpaired) electrons. The first-order valence-corrected chi connectivity index (χ1v) is 6.12. The van der Waals surface area contributed by atoms with Crippen LogP contribution in [0.5, 0.6) is 0 Å². The minimum atomic E-state index is -0.624. The predicted octanol–water partition coefficient (Wildman–Crippen LogP) is -0.212. The molecule has 6 heteroatoms. The van der Waals surface area contributed by atoms with Crippen molar-refractivity contribution in [1.82, 2.24) is 16.0 Å². The van der Waals surface area contributed by atoms with Crippen molar-refractivity contribution in [3.05, 3.63) is 0 Å². The Labute approximate surface area is 108 Å². The topological polar surface area (TPSA) is 87.3 Å². The molecule has 104 valence electrons. The summed E-state index contributed by atoms with van der Waals surface area (Å²) in [7, 11) is 1.52. The van der Waals surface area contributed by atoms with Gasteiger partial charge in [-0.15, -0.1) is 0 Å². The SMILES string of the molecule is CC[C@H](NC(=O)[C@@H](NC(C)=O)C(C)C)C(=O)NC. The Morgan fingerprint density at radius 2 is 1.61 bits per heavy atom. The van der Waals surface area contributed by atoms with Crippen molar-refractivity contribution in [2.75, 3.05) is 7.05 Å². The van der Waals surface area contributed by atoms with Gasteiger partial charge >= 0.3 is 0 Å². The van der Waals surface area contributed by atoms with Crippen molar-refractivity contribution in [3.63, 3.8) is 0 Å². The molecular formula is C12H23N3O3. The van der Waals surface area contributed by atoms with Crippen LogP contribution in [0.4, 0.5) is 0 Å². The lowest BCUT2D eigenvalue weighted by atomic mass is 10.0. The number of amides is 3. The molecule has 0 fully saturated rings. The van der Waals surface area contributed by atoms with Crippen molar-refractivity contribution < 1.29 is 14.4 Å². The minimum absolute atomic E-state index is 0.0453. The van der Waals surface area contributed by atoms with Crippen LogP contribution in [0.2, 0.25) is 0 Å². The molecule has 0 saturated carbocycles. The van der Waals surface area contributed by atoms with Gasteiger partial charge in [0.05, 0.1) is 0 Å². The Balaban J connectivity index is 4.67. The van der Waals surface area contributed by atoms with Gasteiger partial charge in [0.1, 0.15) is 12.1 Å². The van der Waals surface area contributed by atoms with Gasteiger partial charge in [0.2, 0.25) is 17.7 Å². The van der Waals surface area contributed by atoms with Crippen LogP contribution in [-0.4, -0.2) is 36.9 Å². The highest BCUT2D eigenvalue weighted by Crippen LogP contribution is 2.03. The fraction of sp³-hybridized carbons (Fsp3) is 0.750. The molecule has 3 N–H and O–H groups in total. The Morgan fingerprint density at radius 3 is 1.94 bits per heavy atom. The lowest BCUT2D eigenvalue weighted by Crippen LogP contribution is -2.54. The maximum absolute atomic E-state index is 12.0. The highest BCUT2D eigenvalue weighted by molar-refractivity contribution is 5.91. The third-order valence-electron chi connectivity index (χ3n) is 2.60. The lowest BCUT2D eigenvalue weighted by Gasteiger charge is -2.23.